The molecule has 2 rings (SSSR count). The number of benzene rings is 1. The second kappa shape index (κ2) is 5.70. The number of hydrogen-bond donors (Lipinski definition) is 1. The average molecular weight is 233 g/mol. The van der Waals surface area contributed by atoms with E-state index in [4.69, 9.17) is 5.11 Å². The molecular formula is C14H16FNO. The molecule has 0 radical (unpaired) electrons. The van der Waals surface area contributed by atoms with E-state index >= 15 is 0 Å². The van der Waals surface area contributed by atoms with Gasteiger partial charge in [0.05, 0.1) is 6.54 Å². The Morgan fingerprint density at radius 1 is 1.24 bits per heavy atom. The van der Waals surface area contributed by atoms with E-state index < -0.39 is 0 Å². The Morgan fingerprint density at radius 3 is 2.47 bits per heavy atom. The summed E-state index contributed by atoms with van der Waals surface area (Å²) in [7, 11) is 0. The van der Waals surface area contributed by atoms with Crippen molar-refractivity contribution < 1.29 is 9.50 Å². The monoisotopic (exact) mass is 233 g/mol. The summed E-state index contributed by atoms with van der Waals surface area (Å²) < 4.78 is 12.8. The molecule has 1 saturated heterocycles. The number of piperidine rings is 1. The molecule has 0 aliphatic carbocycles. The lowest BCUT2D eigenvalue weighted by Crippen LogP contribution is -2.33. The van der Waals surface area contributed by atoms with E-state index in [0.717, 1.165) is 25.9 Å². The fourth-order valence-electron chi connectivity index (χ4n) is 2.31. The zero-order valence-electron chi connectivity index (χ0n) is 9.69. The summed E-state index contributed by atoms with van der Waals surface area (Å²) in [4.78, 5) is 2.23. The van der Waals surface area contributed by atoms with E-state index in [1.807, 2.05) is 18.2 Å². The van der Waals surface area contributed by atoms with Crippen molar-refractivity contribution >= 4 is 0 Å². The summed E-state index contributed by atoms with van der Waals surface area (Å²) in [6.45, 7) is 2.60. The average Bonchev–Trinajstić information content (AvgIpc) is 2.38. The van der Waals surface area contributed by atoms with Gasteiger partial charge in [-0.1, -0.05) is 12.1 Å². The number of aliphatic hydroxyl groups excluding tert-OH is 1. The quantitative estimate of drug-likeness (QED) is 0.792. The minimum Gasteiger partial charge on any atom is -0.462 e. The molecule has 1 aromatic rings. The van der Waals surface area contributed by atoms with E-state index in [1.165, 1.54) is 17.7 Å². The molecule has 1 aliphatic rings. The fourth-order valence-corrected chi connectivity index (χ4v) is 2.31. The fraction of sp³-hybridized carbons (Fsp3) is 0.429. The lowest BCUT2D eigenvalue weighted by Gasteiger charge is -2.30. The van der Waals surface area contributed by atoms with Crippen LogP contribution in [0, 0.1) is 17.8 Å². The van der Waals surface area contributed by atoms with Crippen LogP contribution in [0.3, 0.4) is 0 Å². The Hall–Kier alpha value is -1.53. The standard InChI is InChI=1S/C14H16FNO/c15-14-4-2-12(3-5-14)13-6-9-16(10-7-13)8-1-11-17/h2-5,13,17H,6-10H2. The summed E-state index contributed by atoms with van der Waals surface area (Å²) in [5.74, 6) is 3.01. The molecule has 0 atom stereocenters. The second-order valence-corrected chi connectivity index (χ2v) is 4.39. The Morgan fingerprint density at radius 2 is 1.88 bits per heavy atom. The van der Waals surface area contributed by atoms with E-state index in [0.29, 0.717) is 12.5 Å². The highest BCUT2D eigenvalue weighted by atomic mass is 19.1. The van der Waals surface area contributed by atoms with Crippen LogP contribution in [0.25, 0.3) is 0 Å². The number of likely N-dealkylation sites (tertiary alicyclic amines) is 1. The second-order valence-electron chi connectivity index (χ2n) is 4.39. The molecular weight excluding hydrogens is 217 g/mol. The molecule has 3 heteroatoms. The molecule has 0 saturated carbocycles. The number of aliphatic hydroxyl groups is 1. The van der Waals surface area contributed by atoms with Gasteiger partial charge >= 0.3 is 0 Å². The van der Waals surface area contributed by atoms with Crippen LogP contribution in [0.5, 0.6) is 0 Å². The van der Waals surface area contributed by atoms with Crippen LogP contribution in [0.15, 0.2) is 24.3 Å². The largest absolute Gasteiger partial charge is 0.462 e. The van der Waals surface area contributed by atoms with Crippen LogP contribution in [0.1, 0.15) is 24.3 Å². The molecule has 1 fully saturated rings. The Balaban J connectivity index is 1.89. The zero-order chi connectivity index (χ0) is 12.1. The minimum absolute atomic E-state index is 0.176. The molecule has 1 aromatic carbocycles. The van der Waals surface area contributed by atoms with Gasteiger partial charge in [-0.3, -0.25) is 4.90 Å². The highest BCUT2D eigenvalue weighted by Crippen LogP contribution is 2.27. The summed E-state index contributed by atoms with van der Waals surface area (Å²) in [6.07, 6.45) is 4.07. The van der Waals surface area contributed by atoms with E-state index in [-0.39, 0.29) is 5.82 Å². The third-order valence-electron chi connectivity index (χ3n) is 3.31. The first-order valence-corrected chi connectivity index (χ1v) is 5.89. The number of halogens is 1. The minimum atomic E-state index is -0.176. The van der Waals surface area contributed by atoms with Gasteiger partial charge in [0.2, 0.25) is 0 Å². The van der Waals surface area contributed by atoms with Crippen molar-refractivity contribution in [1.29, 1.82) is 0 Å². The molecule has 1 N–H and O–H groups in total. The molecule has 1 heterocycles. The smallest absolute Gasteiger partial charge is 0.123 e. The predicted octanol–water partition coefficient (Wildman–Crippen LogP) is 2.34. The van der Waals surface area contributed by atoms with Crippen molar-refractivity contribution in [1.82, 2.24) is 4.90 Å². The maximum atomic E-state index is 12.8. The zero-order valence-corrected chi connectivity index (χ0v) is 9.69. The third kappa shape index (κ3) is 3.21. The lowest BCUT2D eigenvalue weighted by atomic mass is 9.89. The number of rotatable bonds is 2. The van der Waals surface area contributed by atoms with E-state index in [1.54, 1.807) is 0 Å². The van der Waals surface area contributed by atoms with Gasteiger partial charge in [0.1, 0.15) is 11.9 Å². The first-order chi connectivity index (χ1) is 8.29. The van der Waals surface area contributed by atoms with Crippen LogP contribution in [0.2, 0.25) is 0 Å². The SMILES string of the molecule is OC#CCN1CCC(c2ccc(F)cc2)CC1. The molecule has 2 nitrogen and oxygen atoms in total. The van der Waals surface area contributed by atoms with Crippen molar-refractivity contribution in [2.45, 2.75) is 18.8 Å². The maximum absolute atomic E-state index is 12.8. The van der Waals surface area contributed by atoms with Gasteiger partial charge in [-0.15, -0.1) is 0 Å². The summed E-state index contributed by atoms with van der Waals surface area (Å²) >= 11 is 0. The maximum Gasteiger partial charge on any atom is 0.123 e. The Bertz CT molecular complexity index is 410. The van der Waals surface area contributed by atoms with Crippen LogP contribution in [-0.4, -0.2) is 29.6 Å². The molecule has 0 spiro atoms. The summed E-state index contributed by atoms with van der Waals surface area (Å²) in [6, 6.07) is 6.81. The third-order valence-corrected chi connectivity index (χ3v) is 3.31. The van der Waals surface area contributed by atoms with Crippen molar-refractivity contribution in [2.24, 2.45) is 0 Å². The summed E-state index contributed by atoms with van der Waals surface area (Å²) in [5.41, 5.74) is 1.22. The molecule has 1 aliphatic heterocycles. The van der Waals surface area contributed by atoms with Crippen molar-refractivity contribution in [2.75, 3.05) is 19.6 Å². The molecule has 17 heavy (non-hydrogen) atoms. The number of hydrogen-bond acceptors (Lipinski definition) is 2. The molecule has 0 unspecified atom stereocenters. The first kappa shape index (κ1) is 11.9. The van der Waals surface area contributed by atoms with Crippen molar-refractivity contribution in [3.8, 4) is 12.0 Å². The highest BCUT2D eigenvalue weighted by Gasteiger charge is 2.19. The summed E-state index contributed by atoms with van der Waals surface area (Å²) in [5, 5.41) is 8.43. The normalized spacial score (nSPS) is 17.5. The van der Waals surface area contributed by atoms with Gasteiger partial charge in [0.15, 0.2) is 0 Å². The van der Waals surface area contributed by atoms with E-state index in [9.17, 15) is 4.39 Å². The van der Waals surface area contributed by atoms with Crippen molar-refractivity contribution in [3.05, 3.63) is 35.6 Å². The highest BCUT2D eigenvalue weighted by molar-refractivity contribution is 5.21. The van der Waals surface area contributed by atoms with Crippen molar-refractivity contribution in [3.63, 3.8) is 0 Å². The van der Waals surface area contributed by atoms with Gasteiger partial charge < -0.3 is 5.11 Å². The van der Waals surface area contributed by atoms with Gasteiger partial charge in [0.25, 0.3) is 0 Å². The molecule has 0 bridgehead atoms. The lowest BCUT2D eigenvalue weighted by molar-refractivity contribution is 0.235. The number of nitrogens with zero attached hydrogens (tertiary/aromatic N) is 1. The van der Waals surface area contributed by atoms with Gasteiger partial charge in [-0.2, -0.15) is 0 Å². The molecule has 90 valence electrons. The predicted molar refractivity (Wildman–Crippen MR) is 64.5 cm³/mol. The first-order valence-electron chi connectivity index (χ1n) is 5.89. The van der Waals surface area contributed by atoms with Crippen LogP contribution < -0.4 is 0 Å². The van der Waals surface area contributed by atoms with Crippen LogP contribution in [-0.2, 0) is 0 Å². The topological polar surface area (TPSA) is 23.5 Å². The Labute approximate surface area is 101 Å². The molecule has 0 aromatic heterocycles. The Kier molecular flexibility index (Phi) is 4.00. The van der Waals surface area contributed by atoms with Crippen LogP contribution in [0.4, 0.5) is 4.39 Å². The van der Waals surface area contributed by atoms with E-state index in [2.05, 4.69) is 10.8 Å². The molecule has 0 amide bonds. The van der Waals surface area contributed by atoms with Gasteiger partial charge in [-0.05, 0) is 55.5 Å². The van der Waals surface area contributed by atoms with Crippen LogP contribution >= 0.6 is 0 Å². The van der Waals surface area contributed by atoms with Gasteiger partial charge in [-0.25, -0.2) is 4.39 Å². The van der Waals surface area contributed by atoms with Gasteiger partial charge in [0, 0.05) is 0 Å².